The molecule has 31 heavy (non-hydrogen) atoms. The minimum Gasteiger partial charge on any atom is -0.343 e. The Kier molecular flexibility index (Phi) is 6.18. The molecule has 0 radical (unpaired) electrons. The predicted molar refractivity (Wildman–Crippen MR) is 123 cm³/mol. The highest BCUT2D eigenvalue weighted by atomic mass is 32.2. The highest BCUT2D eigenvalue weighted by Gasteiger charge is 2.48. The second-order valence-electron chi connectivity index (χ2n) is 7.42. The van der Waals surface area contributed by atoms with Crippen LogP contribution in [0, 0.1) is 5.92 Å². The van der Waals surface area contributed by atoms with Gasteiger partial charge in [0, 0.05) is 0 Å². The van der Waals surface area contributed by atoms with Crippen LogP contribution in [0.5, 0.6) is 0 Å². The van der Waals surface area contributed by atoms with Gasteiger partial charge in [0.05, 0.1) is 28.9 Å². The van der Waals surface area contributed by atoms with Gasteiger partial charge < -0.3 is 5.32 Å². The van der Waals surface area contributed by atoms with Gasteiger partial charge in [-0.25, -0.2) is 0 Å². The molecule has 1 fully saturated rings. The van der Waals surface area contributed by atoms with Crippen LogP contribution in [-0.2, 0) is 23.8 Å². The third-order valence-corrected chi connectivity index (χ3v) is 7.62. The molecule has 1 aliphatic rings. The van der Waals surface area contributed by atoms with Crippen molar-refractivity contribution in [2.75, 3.05) is 12.9 Å². The number of rotatable bonds is 8. The summed E-state index contributed by atoms with van der Waals surface area (Å²) in [6, 6.07) is 30.4. The largest absolute Gasteiger partial charge is 0.343 e. The van der Waals surface area contributed by atoms with Crippen LogP contribution in [0.2, 0.25) is 0 Å². The van der Waals surface area contributed by atoms with Crippen LogP contribution in [0.3, 0.4) is 0 Å². The maximum atomic E-state index is 12.3. The Morgan fingerprint density at radius 3 is 1.61 bits per heavy atom. The number of benzene rings is 3. The molecule has 4 rings (SSSR count). The Hall–Kier alpha value is -2.61. The number of thioether (sulfide) groups is 1. The number of hydrogen-bond acceptors (Lipinski definition) is 5. The number of amides is 1. The Bertz CT molecular complexity index is 1040. The second-order valence-corrected chi connectivity index (χ2v) is 10.4. The zero-order valence-corrected chi connectivity index (χ0v) is 18.6. The molecule has 2 atom stereocenters. The molecule has 3 aromatic rings. The Balaban J connectivity index is 1.80. The lowest BCUT2D eigenvalue weighted by molar-refractivity contribution is -0.133. The summed E-state index contributed by atoms with van der Waals surface area (Å²) in [7, 11) is -3.63. The van der Waals surface area contributed by atoms with Crippen LogP contribution in [-0.4, -0.2) is 32.6 Å². The lowest BCUT2D eigenvalue weighted by Gasteiger charge is -2.44. The van der Waals surface area contributed by atoms with Crippen molar-refractivity contribution >= 4 is 27.8 Å². The summed E-state index contributed by atoms with van der Waals surface area (Å²) >= 11 is 1.59. The monoisotopic (exact) mass is 453 g/mol. The first-order valence-electron chi connectivity index (χ1n) is 9.89. The lowest BCUT2D eigenvalue weighted by Crippen LogP contribution is -2.59. The molecule has 0 unspecified atom stereocenters. The summed E-state index contributed by atoms with van der Waals surface area (Å²) < 4.78 is 27.3. The molecule has 0 spiro atoms. The lowest BCUT2D eigenvalue weighted by atomic mass is 9.84. The number of carbonyl (C=O) groups is 1. The molecule has 0 aromatic heterocycles. The van der Waals surface area contributed by atoms with Gasteiger partial charge in [0.1, 0.15) is 0 Å². The summed E-state index contributed by atoms with van der Waals surface area (Å²) in [5.74, 6) is -0.764. The summed E-state index contributed by atoms with van der Waals surface area (Å²) in [6.45, 7) is -0.170. The second kappa shape index (κ2) is 8.86. The van der Waals surface area contributed by atoms with Crippen molar-refractivity contribution in [1.82, 2.24) is 5.32 Å². The normalized spacial score (nSPS) is 18.8. The van der Waals surface area contributed by atoms with E-state index >= 15 is 0 Å². The van der Waals surface area contributed by atoms with Crippen LogP contribution in [0.25, 0.3) is 0 Å². The minimum atomic E-state index is -3.63. The molecule has 1 amide bonds. The zero-order valence-electron chi connectivity index (χ0n) is 17.0. The van der Waals surface area contributed by atoms with Gasteiger partial charge in [-0.2, -0.15) is 8.42 Å². The van der Waals surface area contributed by atoms with Crippen molar-refractivity contribution in [3.05, 3.63) is 108 Å². The van der Waals surface area contributed by atoms with Gasteiger partial charge in [-0.05, 0) is 16.7 Å². The van der Waals surface area contributed by atoms with E-state index in [4.69, 9.17) is 4.18 Å². The Morgan fingerprint density at radius 1 is 0.839 bits per heavy atom. The number of hydrogen-bond donors (Lipinski definition) is 1. The van der Waals surface area contributed by atoms with E-state index in [2.05, 4.69) is 41.7 Å². The highest BCUT2D eigenvalue weighted by molar-refractivity contribution is 8.01. The fourth-order valence-electron chi connectivity index (χ4n) is 3.77. The van der Waals surface area contributed by atoms with E-state index in [0.29, 0.717) is 0 Å². The smallest absolute Gasteiger partial charge is 0.264 e. The van der Waals surface area contributed by atoms with Gasteiger partial charge in [0.25, 0.3) is 10.1 Å². The van der Waals surface area contributed by atoms with Gasteiger partial charge in [-0.1, -0.05) is 91.0 Å². The Labute approximate surface area is 187 Å². The van der Waals surface area contributed by atoms with Crippen LogP contribution in [0.4, 0.5) is 0 Å². The molecular weight excluding hydrogens is 430 g/mol. The molecular formula is C24H23NO4S2. The first kappa shape index (κ1) is 21.6. The standard InChI is InChI=1S/C24H23NO4S2/c1-31(27,28)29-17-21-22(26)25-23(21)30-24(18-11-5-2-6-12-18,19-13-7-3-8-14-19)20-15-9-4-10-16-20/h2-16,21,23H,17H2,1H3,(H,25,26)/t21-,23+/m0/s1. The third kappa shape index (κ3) is 4.54. The van der Waals surface area contributed by atoms with Crippen LogP contribution in [0.15, 0.2) is 91.0 Å². The molecule has 3 aromatic carbocycles. The van der Waals surface area contributed by atoms with E-state index in [1.165, 1.54) is 0 Å². The van der Waals surface area contributed by atoms with Gasteiger partial charge >= 0.3 is 0 Å². The average molecular weight is 454 g/mol. The van der Waals surface area contributed by atoms with Crippen molar-refractivity contribution in [1.29, 1.82) is 0 Å². The molecule has 7 heteroatoms. The highest BCUT2D eigenvalue weighted by Crippen LogP contribution is 2.52. The SMILES string of the molecule is CS(=O)(=O)OC[C@H]1C(=O)N[C@@H]1SC(c1ccccc1)(c1ccccc1)c1ccccc1. The number of β-lactam (4-membered cyclic amide) rings is 1. The topological polar surface area (TPSA) is 72.5 Å². The van der Waals surface area contributed by atoms with Gasteiger partial charge in [-0.3, -0.25) is 8.98 Å². The summed E-state index contributed by atoms with van der Waals surface area (Å²) in [5.41, 5.74) is 3.21. The van der Waals surface area contributed by atoms with E-state index in [9.17, 15) is 13.2 Å². The first-order valence-corrected chi connectivity index (χ1v) is 12.6. The molecule has 1 N–H and O–H groups in total. The molecule has 160 valence electrons. The predicted octanol–water partition coefficient (Wildman–Crippen LogP) is 3.76. The van der Waals surface area contributed by atoms with E-state index < -0.39 is 20.8 Å². The van der Waals surface area contributed by atoms with Crippen molar-refractivity contribution in [2.45, 2.75) is 10.1 Å². The van der Waals surface area contributed by atoms with Gasteiger partial charge in [0.15, 0.2) is 0 Å². The molecule has 1 aliphatic heterocycles. The quantitative estimate of drug-likeness (QED) is 0.319. The summed E-state index contributed by atoms with van der Waals surface area (Å²) in [6.07, 6.45) is 0.994. The third-order valence-electron chi connectivity index (χ3n) is 5.29. The van der Waals surface area contributed by atoms with Crippen molar-refractivity contribution in [2.24, 2.45) is 5.92 Å². The summed E-state index contributed by atoms with van der Waals surface area (Å²) in [5, 5.41) is 2.63. The Morgan fingerprint density at radius 2 is 1.26 bits per heavy atom. The van der Waals surface area contributed by atoms with Crippen molar-refractivity contribution < 1.29 is 17.4 Å². The molecule has 1 heterocycles. The van der Waals surface area contributed by atoms with E-state index in [-0.39, 0.29) is 17.9 Å². The molecule has 0 aliphatic carbocycles. The first-order chi connectivity index (χ1) is 14.9. The summed E-state index contributed by atoms with van der Waals surface area (Å²) in [4.78, 5) is 12.3. The number of carbonyl (C=O) groups excluding carboxylic acids is 1. The molecule has 5 nitrogen and oxygen atoms in total. The van der Waals surface area contributed by atoms with E-state index in [0.717, 1.165) is 22.9 Å². The molecule has 1 saturated heterocycles. The average Bonchev–Trinajstić information content (AvgIpc) is 2.77. The molecule has 0 bridgehead atoms. The van der Waals surface area contributed by atoms with Crippen molar-refractivity contribution in [3.8, 4) is 0 Å². The van der Waals surface area contributed by atoms with E-state index in [1.807, 2.05) is 54.6 Å². The zero-order chi connectivity index (χ0) is 21.9. The van der Waals surface area contributed by atoms with Gasteiger partial charge in [-0.15, -0.1) is 11.8 Å². The fraction of sp³-hybridized carbons (Fsp3) is 0.208. The molecule has 0 saturated carbocycles. The maximum Gasteiger partial charge on any atom is 0.264 e. The van der Waals surface area contributed by atoms with Gasteiger partial charge in [0.2, 0.25) is 5.91 Å². The van der Waals surface area contributed by atoms with Crippen molar-refractivity contribution in [3.63, 3.8) is 0 Å². The van der Waals surface area contributed by atoms with Crippen LogP contribution >= 0.6 is 11.8 Å². The maximum absolute atomic E-state index is 12.3. The minimum absolute atomic E-state index is 0.170. The van der Waals surface area contributed by atoms with Crippen LogP contribution in [0.1, 0.15) is 16.7 Å². The fourth-order valence-corrected chi connectivity index (χ4v) is 5.91. The van der Waals surface area contributed by atoms with E-state index in [1.54, 1.807) is 11.8 Å². The number of nitrogens with one attached hydrogen (secondary N) is 1. The van der Waals surface area contributed by atoms with Crippen LogP contribution < -0.4 is 5.32 Å².